The van der Waals surface area contributed by atoms with Crippen molar-refractivity contribution in [1.29, 1.82) is 0 Å². The predicted octanol–water partition coefficient (Wildman–Crippen LogP) is 1.34. The summed E-state index contributed by atoms with van der Waals surface area (Å²) in [5.41, 5.74) is 0.445. The minimum atomic E-state index is -0.0710. The van der Waals surface area contributed by atoms with Crippen LogP contribution in [0.15, 0.2) is 18.5 Å². The van der Waals surface area contributed by atoms with Crippen LogP contribution in [0.5, 0.6) is 5.75 Å². The molecule has 1 aliphatic heterocycles. The van der Waals surface area contributed by atoms with E-state index in [1.165, 1.54) is 18.5 Å². The zero-order chi connectivity index (χ0) is 13.8. The van der Waals surface area contributed by atoms with Gasteiger partial charge in [0, 0.05) is 32.4 Å². The fourth-order valence-electron chi connectivity index (χ4n) is 2.54. The fraction of sp³-hybridized carbons (Fsp3) is 0.571. The molecule has 1 fully saturated rings. The summed E-state index contributed by atoms with van der Waals surface area (Å²) < 4.78 is 0. The molecule has 0 spiro atoms. The van der Waals surface area contributed by atoms with Crippen molar-refractivity contribution in [2.75, 3.05) is 26.7 Å². The van der Waals surface area contributed by atoms with Crippen LogP contribution in [0.1, 0.15) is 30.1 Å². The van der Waals surface area contributed by atoms with Crippen LogP contribution in [0, 0.1) is 0 Å². The third kappa shape index (κ3) is 3.23. The number of likely N-dealkylation sites (tertiary alicyclic amines) is 1. The predicted molar refractivity (Wildman–Crippen MR) is 73.1 cm³/mol. The summed E-state index contributed by atoms with van der Waals surface area (Å²) >= 11 is 0. The molecule has 1 aromatic rings. The SMILES string of the molecule is CCN1CCC(N(C)C(=O)c2cncc(O)c2)CC1. The van der Waals surface area contributed by atoms with E-state index in [0.29, 0.717) is 5.56 Å². The van der Waals surface area contributed by atoms with Crippen LogP contribution in [0.4, 0.5) is 0 Å². The van der Waals surface area contributed by atoms with Gasteiger partial charge in [-0.2, -0.15) is 0 Å². The molecule has 1 aliphatic rings. The monoisotopic (exact) mass is 263 g/mol. The van der Waals surface area contributed by atoms with Crippen molar-refractivity contribution >= 4 is 5.91 Å². The second-order valence-electron chi connectivity index (χ2n) is 5.01. The molecule has 19 heavy (non-hydrogen) atoms. The minimum absolute atomic E-state index is 0.0278. The van der Waals surface area contributed by atoms with Gasteiger partial charge in [-0.3, -0.25) is 9.78 Å². The van der Waals surface area contributed by atoms with Crippen molar-refractivity contribution in [3.05, 3.63) is 24.0 Å². The highest BCUT2D eigenvalue weighted by Crippen LogP contribution is 2.18. The van der Waals surface area contributed by atoms with Gasteiger partial charge in [0.15, 0.2) is 0 Å². The Bertz CT molecular complexity index is 442. The Morgan fingerprint density at radius 1 is 1.47 bits per heavy atom. The standard InChI is InChI=1S/C14H21N3O2/c1-3-17-6-4-12(5-7-17)16(2)14(19)11-8-13(18)10-15-9-11/h8-10,12,18H,3-7H2,1-2H3. The van der Waals surface area contributed by atoms with Gasteiger partial charge in [-0.25, -0.2) is 0 Å². The Morgan fingerprint density at radius 2 is 2.16 bits per heavy atom. The molecular formula is C14H21N3O2. The van der Waals surface area contributed by atoms with Crippen LogP contribution in [-0.2, 0) is 0 Å². The van der Waals surface area contributed by atoms with Gasteiger partial charge in [-0.1, -0.05) is 6.92 Å². The molecule has 0 unspecified atom stereocenters. The lowest BCUT2D eigenvalue weighted by Crippen LogP contribution is -2.45. The Morgan fingerprint density at radius 3 is 2.74 bits per heavy atom. The first-order chi connectivity index (χ1) is 9.11. The van der Waals surface area contributed by atoms with Crippen LogP contribution in [0.3, 0.4) is 0 Å². The van der Waals surface area contributed by atoms with Gasteiger partial charge < -0.3 is 14.9 Å². The lowest BCUT2D eigenvalue weighted by molar-refractivity contribution is 0.0646. The van der Waals surface area contributed by atoms with E-state index < -0.39 is 0 Å². The third-order valence-corrected chi connectivity index (χ3v) is 3.84. The van der Waals surface area contributed by atoms with Crippen molar-refractivity contribution in [1.82, 2.24) is 14.8 Å². The third-order valence-electron chi connectivity index (χ3n) is 3.84. The average molecular weight is 263 g/mol. The summed E-state index contributed by atoms with van der Waals surface area (Å²) in [6, 6.07) is 1.74. The number of carbonyl (C=O) groups excluding carboxylic acids is 1. The van der Waals surface area contributed by atoms with E-state index in [-0.39, 0.29) is 17.7 Å². The summed E-state index contributed by atoms with van der Waals surface area (Å²) in [6.45, 7) is 5.31. The molecule has 0 saturated carbocycles. The normalized spacial score (nSPS) is 17.4. The number of aromatic hydroxyl groups is 1. The average Bonchev–Trinajstić information content (AvgIpc) is 2.46. The minimum Gasteiger partial charge on any atom is -0.506 e. The van der Waals surface area contributed by atoms with E-state index in [4.69, 9.17) is 0 Å². The largest absolute Gasteiger partial charge is 0.506 e. The highest BCUT2D eigenvalue weighted by Gasteiger charge is 2.25. The quantitative estimate of drug-likeness (QED) is 0.894. The van der Waals surface area contributed by atoms with Gasteiger partial charge in [-0.15, -0.1) is 0 Å². The Labute approximate surface area is 113 Å². The van der Waals surface area contributed by atoms with Crippen LogP contribution in [0.2, 0.25) is 0 Å². The van der Waals surface area contributed by atoms with Gasteiger partial charge in [0.25, 0.3) is 5.91 Å². The molecule has 0 radical (unpaired) electrons. The molecule has 0 atom stereocenters. The molecule has 2 heterocycles. The second-order valence-corrected chi connectivity index (χ2v) is 5.01. The fourth-order valence-corrected chi connectivity index (χ4v) is 2.54. The molecule has 2 rings (SSSR count). The zero-order valence-corrected chi connectivity index (χ0v) is 11.5. The Balaban J connectivity index is 2.00. The Kier molecular flexibility index (Phi) is 4.37. The van der Waals surface area contributed by atoms with Crippen LogP contribution < -0.4 is 0 Å². The highest BCUT2D eigenvalue weighted by molar-refractivity contribution is 5.94. The van der Waals surface area contributed by atoms with E-state index >= 15 is 0 Å². The number of amides is 1. The van der Waals surface area contributed by atoms with Crippen LogP contribution in [-0.4, -0.2) is 58.5 Å². The molecule has 0 aliphatic carbocycles. The maximum Gasteiger partial charge on any atom is 0.255 e. The zero-order valence-electron chi connectivity index (χ0n) is 11.5. The van der Waals surface area contributed by atoms with Crippen molar-refractivity contribution in [2.24, 2.45) is 0 Å². The Hall–Kier alpha value is -1.62. The smallest absolute Gasteiger partial charge is 0.255 e. The second kappa shape index (κ2) is 6.02. The number of hydrogen-bond donors (Lipinski definition) is 1. The van der Waals surface area contributed by atoms with Crippen molar-refractivity contribution < 1.29 is 9.90 Å². The summed E-state index contributed by atoms with van der Waals surface area (Å²) in [6.07, 6.45) is 4.83. The topological polar surface area (TPSA) is 56.7 Å². The molecule has 1 saturated heterocycles. The van der Waals surface area contributed by atoms with Gasteiger partial charge >= 0.3 is 0 Å². The molecule has 5 nitrogen and oxygen atoms in total. The lowest BCUT2D eigenvalue weighted by Gasteiger charge is -2.36. The van der Waals surface area contributed by atoms with E-state index in [0.717, 1.165) is 32.5 Å². The van der Waals surface area contributed by atoms with Gasteiger partial charge in [0.1, 0.15) is 5.75 Å². The first-order valence-corrected chi connectivity index (χ1v) is 6.75. The van der Waals surface area contributed by atoms with Crippen LogP contribution >= 0.6 is 0 Å². The summed E-state index contributed by atoms with van der Waals surface area (Å²) in [7, 11) is 1.83. The van der Waals surface area contributed by atoms with E-state index in [1.807, 2.05) is 7.05 Å². The molecule has 104 valence electrons. The number of rotatable bonds is 3. The summed E-state index contributed by atoms with van der Waals surface area (Å²) in [4.78, 5) is 20.3. The maximum atomic E-state index is 12.3. The first kappa shape index (κ1) is 13.8. The number of hydrogen-bond acceptors (Lipinski definition) is 4. The summed E-state index contributed by atoms with van der Waals surface area (Å²) in [5.74, 6) is -0.0431. The molecule has 1 aromatic heterocycles. The van der Waals surface area contributed by atoms with E-state index in [9.17, 15) is 9.90 Å². The number of pyridine rings is 1. The lowest BCUT2D eigenvalue weighted by atomic mass is 10.0. The van der Waals surface area contributed by atoms with Gasteiger partial charge in [0.05, 0.1) is 11.8 Å². The van der Waals surface area contributed by atoms with Crippen LogP contribution in [0.25, 0.3) is 0 Å². The van der Waals surface area contributed by atoms with E-state index in [1.54, 1.807) is 4.90 Å². The van der Waals surface area contributed by atoms with Gasteiger partial charge in [-0.05, 0) is 25.5 Å². The molecular weight excluding hydrogens is 242 g/mol. The molecule has 1 amide bonds. The molecule has 5 heteroatoms. The highest BCUT2D eigenvalue weighted by atomic mass is 16.3. The van der Waals surface area contributed by atoms with Crippen molar-refractivity contribution in [3.8, 4) is 5.75 Å². The number of piperidine rings is 1. The molecule has 0 bridgehead atoms. The van der Waals surface area contributed by atoms with Crippen molar-refractivity contribution in [3.63, 3.8) is 0 Å². The number of aromatic nitrogens is 1. The molecule has 1 N–H and O–H groups in total. The number of carbonyl (C=O) groups is 1. The van der Waals surface area contributed by atoms with Gasteiger partial charge in [0.2, 0.25) is 0 Å². The first-order valence-electron chi connectivity index (χ1n) is 6.75. The molecule has 0 aromatic carbocycles. The van der Waals surface area contributed by atoms with E-state index in [2.05, 4.69) is 16.8 Å². The number of nitrogens with zero attached hydrogens (tertiary/aromatic N) is 3. The van der Waals surface area contributed by atoms with Crippen molar-refractivity contribution in [2.45, 2.75) is 25.8 Å². The summed E-state index contributed by atoms with van der Waals surface area (Å²) in [5, 5.41) is 9.38. The maximum absolute atomic E-state index is 12.3.